The SMILES string of the molecule is CCCC1N=C2C(=CN(CC(C)C)CN2CC2CC2)N1Cc1ccc(-c2ccccc2-c2nnn[nH]2)cc1. The Kier molecular flexibility index (Phi) is 6.87. The van der Waals surface area contributed by atoms with Gasteiger partial charge in [0.15, 0.2) is 11.7 Å². The number of fused-ring (bicyclic) bond motifs is 1. The summed E-state index contributed by atoms with van der Waals surface area (Å²) in [6.07, 6.45) is 7.49. The minimum absolute atomic E-state index is 0.196. The molecule has 6 rings (SSSR count). The normalized spacial score (nSPS) is 19.2. The van der Waals surface area contributed by atoms with E-state index < -0.39 is 0 Å². The number of nitrogens with one attached hydrogen (secondary N) is 1. The molecule has 3 aromatic rings. The van der Waals surface area contributed by atoms with Crippen molar-refractivity contribution >= 4 is 5.84 Å². The number of amidine groups is 1. The summed E-state index contributed by atoms with van der Waals surface area (Å²) in [5, 5.41) is 14.5. The zero-order valence-corrected chi connectivity index (χ0v) is 22.7. The maximum Gasteiger partial charge on any atom is 0.180 e. The van der Waals surface area contributed by atoms with Crippen molar-refractivity contribution in [3.63, 3.8) is 0 Å². The van der Waals surface area contributed by atoms with Gasteiger partial charge in [0, 0.05) is 31.4 Å². The van der Waals surface area contributed by atoms with Gasteiger partial charge in [0.25, 0.3) is 0 Å². The van der Waals surface area contributed by atoms with E-state index in [0.717, 1.165) is 61.8 Å². The van der Waals surface area contributed by atoms with Crippen molar-refractivity contribution in [2.75, 3.05) is 19.8 Å². The van der Waals surface area contributed by atoms with Crippen LogP contribution in [0.25, 0.3) is 22.5 Å². The van der Waals surface area contributed by atoms with Gasteiger partial charge in [-0.15, -0.1) is 5.10 Å². The lowest BCUT2D eigenvalue weighted by Gasteiger charge is -2.39. The number of nitrogens with zero attached hydrogens (tertiary/aromatic N) is 7. The number of aromatic nitrogens is 4. The molecule has 1 atom stereocenters. The lowest BCUT2D eigenvalue weighted by Crippen LogP contribution is -2.47. The number of hydrogen-bond acceptors (Lipinski definition) is 7. The monoisotopic (exact) mass is 510 g/mol. The Bertz CT molecular complexity index is 1290. The molecule has 3 heterocycles. The Morgan fingerprint density at radius 3 is 2.50 bits per heavy atom. The second-order valence-corrected chi connectivity index (χ2v) is 11.3. The molecule has 1 unspecified atom stereocenters. The fraction of sp³-hybridized carbons (Fsp3) is 0.467. The van der Waals surface area contributed by atoms with Gasteiger partial charge < -0.3 is 14.7 Å². The maximum absolute atomic E-state index is 5.31. The van der Waals surface area contributed by atoms with Gasteiger partial charge in [-0.25, -0.2) is 10.1 Å². The number of rotatable bonds is 10. The molecule has 0 bridgehead atoms. The fourth-order valence-corrected chi connectivity index (χ4v) is 5.65. The van der Waals surface area contributed by atoms with E-state index in [4.69, 9.17) is 4.99 Å². The van der Waals surface area contributed by atoms with Crippen LogP contribution in [-0.4, -0.2) is 67.1 Å². The molecule has 1 N–H and O–H groups in total. The van der Waals surface area contributed by atoms with Crippen molar-refractivity contribution in [3.05, 3.63) is 66.0 Å². The van der Waals surface area contributed by atoms with Gasteiger partial charge in [-0.3, -0.25) is 0 Å². The van der Waals surface area contributed by atoms with Crippen molar-refractivity contribution in [1.29, 1.82) is 0 Å². The van der Waals surface area contributed by atoms with Crippen molar-refractivity contribution in [2.24, 2.45) is 16.8 Å². The van der Waals surface area contributed by atoms with Crippen molar-refractivity contribution in [3.8, 4) is 22.5 Å². The maximum atomic E-state index is 5.31. The van der Waals surface area contributed by atoms with Gasteiger partial charge in [-0.2, -0.15) is 0 Å². The molecule has 1 aliphatic carbocycles. The molecule has 0 saturated heterocycles. The first-order valence-electron chi connectivity index (χ1n) is 14.1. The number of benzene rings is 2. The third-order valence-corrected chi connectivity index (χ3v) is 7.59. The number of hydrogen-bond donors (Lipinski definition) is 1. The van der Waals surface area contributed by atoms with Crippen LogP contribution in [0.4, 0.5) is 0 Å². The van der Waals surface area contributed by atoms with Crippen LogP contribution >= 0.6 is 0 Å². The molecule has 2 aromatic carbocycles. The van der Waals surface area contributed by atoms with Gasteiger partial charge in [-0.05, 0) is 58.2 Å². The molecule has 3 aliphatic rings. The third-order valence-electron chi connectivity index (χ3n) is 7.59. The first-order valence-corrected chi connectivity index (χ1v) is 14.1. The highest BCUT2D eigenvalue weighted by molar-refractivity contribution is 6.00. The molecule has 1 saturated carbocycles. The predicted octanol–water partition coefficient (Wildman–Crippen LogP) is 5.36. The van der Waals surface area contributed by atoms with Gasteiger partial charge in [0.2, 0.25) is 0 Å². The Labute approximate surface area is 225 Å². The van der Waals surface area contributed by atoms with Crippen molar-refractivity contribution in [1.82, 2.24) is 35.3 Å². The van der Waals surface area contributed by atoms with E-state index in [-0.39, 0.29) is 6.17 Å². The summed E-state index contributed by atoms with van der Waals surface area (Å²) in [6.45, 7) is 10.9. The van der Waals surface area contributed by atoms with Crippen LogP contribution in [0.2, 0.25) is 0 Å². The molecule has 8 heteroatoms. The highest BCUT2D eigenvalue weighted by Gasteiger charge is 2.38. The minimum atomic E-state index is 0.196. The summed E-state index contributed by atoms with van der Waals surface area (Å²) in [5.74, 6) is 3.35. The molecular formula is C30H38N8. The predicted molar refractivity (Wildman–Crippen MR) is 151 cm³/mol. The standard InChI is InChI=1S/C30H38N8/c1-4-7-28-31-30-27(19-36(16-21(2)3)20-37(30)17-22-10-11-22)38(28)18-23-12-14-24(15-13-23)25-8-5-6-9-26(25)29-32-34-35-33-29/h5-6,8-9,12-15,19,21-22,28H,4,7,10-11,16-18,20H2,1-3H3,(H,32,33,34,35). The van der Waals surface area contributed by atoms with E-state index in [9.17, 15) is 0 Å². The number of H-pyrrole nitrogens is 1. The molecule has 2 aliphatic heterocycles. The third kappa shape index (κ3) is 5.17. The summed E-state index contributed by atoms with van der Waals surface area (Å²) in [6, 6.07) is 17.2. The Balaban J connectivity index is 1.26. The Morgan fingerprint density at radius 2 is 1.82 bits per heavy atom. The lowest BCUT2D eigenvalue weighted by atomic mass is 9.98. The molecule has 1 aromatic heterocycles. The highest BCUT2D eigenvalue weighted by Crippen LogP contribution is 2.36. The van der Waals surface area contributed by atoms with E-state index in [2.05, 4.69) is 105 Å². The van der Waals surface area contributed by atoms with Crippen LogP contribution in [0.5, 0.6) is 0 Å². The summed E-state index contributed by atoms with van der Waals surface area (Å²) in [4.78, 5) is 12.9. The molecule has 8 nitrogen and oxygen atoms in total. The largest absolute Gasteiger partial charge is 0.358 e. The average Bonchev–Trinajstić information content (AvgIpc) is 3.43. The molecule has 0 spiro atoms. The summed E-state index contributed by atoms with van der Waals surface area (Å²) >= 11 is 0. The molecular weight excluding hydrogens is 472 g/mol. The summed E-state index contributed by atoms with van der Waals surface area (Å²) < 4.78 is 0. The quantitative estimate of drug-likeness (QED) is 0.396. The van der Waals surface area contributed by atoms with Gasteiger partial charge in [0.05, 0.1) is 12.4 Å². The Morgan fingerprint density at radius 1 is 1.03 bits per heavy atom. The van der Waals surface area contributed by atoms with E-state index in [1.165, 1.54) is 29.9 Å². The highest BCUT2D eigenvalue weighted by atomic mass is 15.5. The van der Waals surface area contributed by atoms with E-state index in [1.54, 1.807) is 0 Å². The molecule has 0 radical (unpaired) electrons. The van der Waals surface area contributed by atoms with Crippen LogP contribution in [0.3, 0.4) is 0 Å². The fourth-order valence-electron chi connectivity index (χ4n) is 5.65. The first-order chi connectivity index (χ1) is 18.6. The van der Waals surface area contributed by atoms with Crippen LogP contribution in [0, 0.1) is 11.8 Å². The van der Waals surface area contributed by atoms with Gasteiger partial charge >= 0.3 is 0 Å². The van der Waals surface area contributed by atoms with Crippen molar-refractivity contribution in [2.45, 2.75) is 59.2 Å². The number of tetrazole rings is 1. The van der Waals surface area contributed by atoms with E-state index in [1.807, 2.05) is 6.07 Å². The molecule has 1 fully saturated rings. The smallest absolute Gasteiger partial charge is 0.180 e. The van der Waals surface area contributed by atoms with Crippen LogP contribution in [0.1, 0.15) is 52.0 Å². The van der Waals surface area contributed by atoms with Crippen LogP contribution in [-0.2, 0) is 6.54 Å². The Hall–Kier alpha value is -3.68. The second-order valence-electron chi connectivity index (χ2n) is 11.3. The number of aromatic amines is 1. The zero-order valence-electron chi connectivity index (χ0n) is 22.7. The van der Waals surface area contributed by atoms with Crippen LogP contribution in [0.15, 0.2) is 65.4 Å². The first kappa shape index (κ1) is 24.6. The number of aliphatic imine (C=N–C) groups is 1. The molecule has 38 heavy (non-hydrogen) atoms. The van der Waals surface area contributed by atoms with E-state index in [0.29, 0.717) is 11.7 Å². The zero-order chi connectivity index (χ0) is 26.1. The summed E-state index contributed by atoms with van der Waals surface area (Å²) in [5.41, 5.74) is 5.85. The topological polar surface area (TPSA) is 76.5 Å². The second kappa shape index (κ2) is 10.6. The van der Waals surface area contributed by atoms with Crippen LogP contribution < -0.4 is 0 Å². The minimum Gasteiger partial charge on any atom is -0.358 e. The lowest BCUT2D eigenvalue weighted by molar-refractivity contribution is 0.198. The van der Waals surface area contributed by atoms with Crippen molar-refractivity contribution < 1.29 is 0 Å². The van der Waals surface area contributed by atoms with Gasteiger partial charge in [0.1, 0.15) is 6.17 Å². The van der Waals surface area contributed by atoms with Gasteiger partial charge in [-0.1, -0.05) is 75.7 Å². The summed E-state index contributed by atoms with van der Waals surface area (Å²) in [7, 11) is 0. The molecule has 198 valence electrons. The van der Waals surface area contributed by atoms with E-state index >= 15 is 0 Å². The average molecular weight is 511 g/mol. The molecule has 0 amide bonds.